The van der Waals surface area contributed by atoms with Crippen LogP contribution >= 0.6 is 0 Å². The zero-order valence-corrected chi connectivity index (χ0v) is 15.8. The van der Waals surface area contributed by atoms with Crippen LogP contribution in [-0.2, 0) is 16.0 Å². The summed E-state index contributed by atoms with van der Waals surface area (Å²) in [6, 6.07) is 10.2. The molecule has 0 atom stereocenters. The van der Waals surface area contributed by atoms with E-state index in [0.717, 1.165) is 5.56 Å². The Morgan fingerprint density at radius 3 is 2.19 bits per heavy atom. The molecule has 0 saturated heterocycles. The third-order valence-corrected chi connectivity index (χ3v) is 4.02. The van der Waals surface area contributed by atoms with Crippen LogP contribution in [0.2, 0.25) is 0 Å². The van der Waals surface area contributed by atoms with E-state index in [4.69, 9.17) is 18.9 Å². The molecule has 2 aromatic carbocycles. The summed E-state index contributed by atoms with van der Waals surface area (Å²) in [5.74, 6) is 1.07. The Morgan fingerprint density at radius 2 is 1.56 bits per heavy atom. The standard InChI is InChI=1S/C20H23NO6/c1-24-14-7-9-18(26-3)13(11-14)5-10-19(22)21-17-8-6-15(25-2)12-16(17)20(23)27-4/h6-9,11-12H,5,10H2,1-4H3,(H,21,22). The molecule has 27 heavy (non-hydrogen) atoms. The summed E-state index contributed by atoms with van der Waals surface area (Å²) in [7, 11) is 5.93. The number of benzene rings is 2. The first kappa shape index (κ1) is 20.1. The van der Waals surface area contributed by atoms with Gasteiger partial charge in [0.2, 0.25) is 5.91 Å². The number of aryl methyl sites for hydroxylation is 1. The van der Waals surface area contributed by atoms with Crippen molar-refractivity contribution in [2.75, 3.05) is 33.8 Å². The Balaban J connectivity index is 2.11. The summed E-state index contributed by atoms with van der Waals surface area (Å²) < 4.78 is 20.4. The molecule has 2 rings (SSSR count). The van der Waals surface area contributed by atoms with E-state index in [0.29, 0.717) is 29.4 Å². The van der Waals surface area contributed by atoms with Crippen LogP contribution < -0.4 is 19.5 Å². The second-order valence-electron chi connectivity index (χ2n) is 5.63. The zero-order chi connectivity index (χ0) is 19.8. The van der Waals surface area contributed by atoms with Crippen molar-refractivity contribution in [3.63, 3.8) is 0 Å². The number of rotatable bonds is 8. The number of carbonyl (C=O) groups excluding carboxylic acids is 2. The Labute approximate surface area is 158 Å². The van der Waals surface area contributed by atoms with Gasteiger partial charge >= 0.3 is 5.97 Å². The van der Waals surface area contributed by atoms with E-state index < -0.39 is 5.97 Å². The normalized spacial score (nSPS) is 10.1. The fourth-order valence-electron chi connectivity index (χ4n) is 2.58. The summed E-state index contributed by atoms with van der Waals surface area (Å²) in [6.07, 6.45) is 0.659. The number of anilines is 1. The Hall–Kier alpha value is -3.22. The van der Waals surface area contributed by atoms with Crippen LogP contribution in [0, 0.1) is 0 Å². The van der Waals surface area contributed by atoms with Gasteiger partial charge in [0.25, 0.3) is 0 Å². The highest BCUT2D eigenvalue weighted by atomic mass is 16.5. The third-order valence-electron chi connectivity index (χ3n) is 4.02. The first-order valence-electron chi connectivity index (χ1n) is 8.29. The molecule has 0 aliphatic heterocycles. The number of amides is 1. The highest BCUT2D eigenvalue weighted by Gasteiger charge is 2.16. The largest absolute Gasteiger partial charge is 0.497 e. The van der Waals surface area contributed by atoms with Crippen LogP contribution in [0.3, 0.4) is 0 Å². The van der Waals surface area contributed by atoms with Crippen molar-refractivity contribution in [3.05, 3.63) is 47.5 Å². The Kier molecular flexibility index (Phi) is 7.05. The minimum Gasteiger partial charge on any atom is -0.497 e. The molecule has 0 radical (unpaired) electrons. The van der Waals surface area contributed by atoms with Gasteiger partial charge in [0.1, 0.15) is 17.2 Å². The second kappa shape index (κ2) is 9.47. The molecule has 0 unspecified atom stereocenters. The van der Waals surface area contributed by atoms with Crippen LogP contribution in [-0.4, -0.2) is 40.3 Å². The smallest absolute Gasteiger partial charge is 0.340 e. The van der Waals surface area contributed by atoms with Crippen LogP contribution in [0.5, 0.6) is 17.2 Å². The summed E-state index contributed by atoms with van der Waals surface area (Å²) >= 11 is 0. The van der Waals surface area contributed by atoms with E-state index in [1.807, 2.05) is 6.07 Å². The molecular weight excluding hydrogens is 350 g/mol. The predicted octanol–water partition coefficient (Wildman–Crippen LogP) is 3.07. The minimum absolute atomic E-state index is 0.205. The van der Waals surface area contributed by atoms with E-state index >= 15 is 0 Å². The molecule has 0 saturated carbocycles. The number of hydrogen-bond donors (Lipinski definition) is 1. The topological polar surface area (TPSA) is 83.1 Å². The number of carbonyl (C=O) groups is 2. The second-order valence-corrected chi connectivity index (χ2v) is 5.63. The van der Waals surface area contributed by atoms with Crippen molar-refractivity contribution >= 4 is 17.6 Å². The minimum atomic E-state index is -0.557. The monoisotopic (exact) mass is 373 g/mol. The van der Waals surface area contributed by atoms with E-state index in [1.165, 1.54) is 20.3 Å². The van der Waals surface area contributed by atoms with Crippen molar-refractivity contribution < 1.29 is 28.5 Å². The van der Waals surface area contributed by atoms with E-state index in [1.54, 1.807) is 38.5 Å². The van der Waals surface area contributed by atoms with Gasteiger partial charge in [-0.15, -0.1) is 0 Å². The van der Waals surface area contributed by atoms with Gasteiger partial charge in [-0.2, -0.15) is 0 Å². The Bertz CT molecular complexity index is 818. The summed E-state index contributed by atoms with van der Waals surface area (Å²) in [6.45, 7) is 0. The Morgan fingerprint density at radius 1 is 0.889 bits per heavy atom. The maximum absolute atomic E-state index is 12.4. The molecule has 144 valence electrons. The maximum Gasteiger partial charge on any atom is 0.340 e. The lowest BCUT2D eigenvalue weighted by Crippen LogP contribution is -2.16. The van der Waals surface area contributed by atoms with Gasteiger partial charge in [-0.3, -0.25) is 4.79 Å². The van der Waals surface area contributed by atoms with Crippen molar-refractivity contribution in [2.45, 2.75) is 12.8 Å². The van der Waals surface area contributed by atoms with Gasteiger partial charge in [0.05, 0.1) is 39.7 Å². The molecule has 7 heteroatoms. The van der Waals surface area contributed by atoms with Gasteiger partial charge in [-0.05, 0) is 48.4 Å². The van der Waals surface area contributed by atoms with Crippen LogP contribution in [0.15, 0.2) is 36.4 Å². The first-order chi connectivity index (χ1) is 13.0. The predicted molar refractivity (Wildman–Crippen MR) is 101 cm³/mol. The van der Waals surface area contributed by atoms with Gasteiger partial charge in [0.15, 0.2) is 0 Å². The molecule has 0 heterocycles. The molecule has 1 amide bonds. The molecule has 0 aliphatic carbocycles. The molecule has 0 spiro atoms. The van der Waals surface area contributed by atoms with Crippen molar-refractivity contribution in [1.82, 2.24) is 0 Å². The van der Waals surface area contributed by atoms with Crippen molar-refractivity contribution in [2.24, 2.45) is 0 Å². The molecule has 1 N–H and O–H groups in total. The fraction of sp³-hybridized carbons (Fsp3) is 0.300. The van der Waals surface area contributed by atoms with Crippen LogP contribution in [0.4, 0.5) is 5.69 Å². The number of ether oxygens (including phenoxy) is 4. The molecule has 0 fully saturated rings. The van der Waals surface area contributed by atoms with Crippen molar-refractivity contribution in [1.29, 1.82) is 0 Å². The SMILES string of the molecule is COC(=O)c1cc(OC)ccc1NC(=O)CCc1cc(OC)ccc1OC. The quantitative estimate of drug-likeness (QED) is 0.716. The number of esters is 1. The number of methoxy groups -OCH3 is 4. The van der Waals surface area contributed by atoms with Crippen LogP contribution in [0.25, 0.3) is 0 Å². The lowest BCUT2D eigenvalue weighted by atomic mass is 10.1. The molecule has 2 aromatic rings. The number of hydrogen-bond acceptors (Lipinski definition) is 6. The van der Waals surface area contributed by atoms with E-state index in [2.05, 4.69) is 5.32 Å². The first-order valence-corrected chi connectivity index (χ1v) is 8.29. The summed E-state index contributed by atoms with van der Waals surface area (Å²) in [5, 5.41) is 2.75. The van der Waals surface area contributed by atoms with Gasteiger partial charge < -0.3 is 24.3 Å². The molecule has 0 aliphatic rings. The number of nitrogens with one attached hydrogen (secondary N) is 1. The average Bonchev–Trinajstić information content (AvgIpc) is 2.71. The highest BCUT2D eigenvalue weighted by molar-refractivity contribution is 6.01. The fourth-order valence-corrected chi connectivity index (χ4v) is 2.58. The zero-order valence-electron chi connectivity index (χ0n) is 15.8. The van der Waals surface area contributed by atoms with Crippen LogP contribution in [0.1, 0.15) is 22.3 Å². The molecule has 7 nitrogen and oxygen atoms in total. The highest BCUT2D eigenvalue weighted by Crippen LogP contribution is 2.26. The van der Waals surface area contributed by atoms with Gasteiger partial charge in [0, 0.05) is 6.42 Å². The summed E-state index contributed by atoms with van der Waals surface area (Å²) in [4.78, 5) is 24.3. The molecular formula is C20H23NO6. The molecule has 0 aromatic heterocycles. The van der Waals surface area contributed by atoms with Crippen molar-refractivity contribution in [3.8, 4) is 17.2 Å². The lowest BCUT2D eigenvalue weighted by molar-refractivity contribution is -0.116. The third kappa shape index (κ3) is 5.13. The maximum atomic E-state index is 12.4. The summed E-state index contributed by atoms with van der Waals surface area (Å²) in [5.41, 5.74) is 1.45. The molecule has 0 bridgehead atoms. The lowest BCUT2D eigenvalue weighted by Gasteiger charge is -2.13. The van der Waals surface area contributed by atoms with E-state index in [-0.39, 0.29) is 17.9 Å². The average molecular weight is 373 g/mol. The van der Waals surface area contributed by atoms with Gasteiger partial charge in [-0.25, -0.2) is 4.79 Å². The van der Waals surface area contributed by atoms with E-state index in [9.17, 15) is 9.59 Å². The van der Waals surface area contributed by atoms with Gasteiger partial charge in [-0.1, -0.05) is 0 Å².